The van der Waals surface area contributed by atoms with Gasteiger partial charge in [0.2, 0.25) is 10.0 Å². The van der Waals surface area contributed by atoms with Crippen molar-refractivity contribution in [3.8, 4) is 0 Å². The summed E-state index contributed by atoms with van der Waals surface area (Å²) in [6.07, 6.45) is 1.60. The summed E-state index contributed by atoms with van der Waals surface area (Å²) in [5.41, 5.74) is 6.39. The SMILES string of the molecule is CCCC(N)CNS(=O)(=O)c1ccc(C)cc1F. The molecule has 1 rings (SSSR count). The summed E-state index contributed by atoms with van der Waals surface area (Å²) in [5.74, 6) is -0.744. The summed E-state index contributed by atoms with van der Waals surface area (Å²) in [6.45, 7) is 3.78. The molecule has 1 aromatic rings. The number of rotatable bonds is 6. The molecule has 0 aromatic heterocycles. The minimum Gasteiger partial charge on any atom is -0.327 e. The number of halogens is 1. The fourth-order valence-corrected chi connectivity index (χ4v) is 2.74. The van der Waals surface area contributed by atoms with Gasteiger partial charge in [-0.1, -0.05) is 19.4 Å². The molecule has 4 nitrogen and oxygen atoms in total. The van der Waals surface area contributed by atoms with E-state index in [1.807, 2.05) is 6.92 Å². The van der Waals surface area contributed by atoms with Crippen LogP contribution in [-0.4, -0.2) is 21.0 Å². The molecule has 0 aliphatic heterocycles. The van der Waals surface area contributed by atoms with Crippen molar-refractivity contribution in [2.24, 2.45) is 5.73 Å². The zero-order valence-corrected chi connectivity index (χ0v) is 11.4. The maximum absolute atomic E-state index is 13.6. The van der Waals surface area contributed by atoms with Crippen LogP contribution in [0.25, 0.3) is 0 Å². The number of nitrogens with two attached hydrogens (primary N) is 1. The largest absolute Gasteiger partial charge is 0.327 e. The molecule has 102 valence electrons. The predicted molar refractivity (Wildman–Crippen MR) is 69.2 cm³/mol. The van der Waals surface area contributed by atoms with Crippen LogP contribution >= 0.6 is 0 Å². The van der Waals surface area contributed by atoms with Gasteiger partial charge in [-0.3, -0.25) is 0 Å². The Kier molecular flexibility index (Phi) is 5.25. The lowest BCUT2D eigenvalue weighted by Gasteiger charge is -2.12. The van der Waals surface area contributed by atoms with Crippen molar-refractivity contribution in [1.29, 1.82) is 0 Å². The van der Waals surface area contributed by atoms with E-state index in [2.05, 4.69) is 4.72 Å². The van der Waals surface area contributed by atoms with Gasteiger partial charge in [0, 0.05) is 12.6 Å². The Labute approximate surface area is 107 Å². The van der Waals surface area contributed by atoms with Gasteiger partial charge in [-0.25, -0.2) is 17.5 Å². The molecular weight excluding hydrogens is 255 g/mol. The van der Waals surface area contributed by atoms with Gasteiger partial charge in [0.15, 0.2) is 0 Å². The van der Waals surface area contributed by atoms with Crippen LogP contribution in [0.4, 0.5) is 4.39 Å². The van der Waals surface area contributed by atoms with E-state index < -0.39 is 15.8 Å². The molecule has 0 radical (unpaired) electrons. The third-order valence-corrected chi connectivity index (χ3v) is 4.03. The number of hydrogen-bond donors (Lipinski definition) is 2. The first-order valence-corrected chi connectivity index (χ1v) is 7.36. The molecule has 1 aromatic carbocycles. The van der Waals surface area contributed by atoms with Crippen molar-refractivity contribution >= 4 is 10.0 Å². The van der Waals surface area contributed by atoms with Crippen molar-refractivity contribution in [3.05, 3.63) is 29.6 Å². The van der Waals surface area contributed by atoms with Crippen LogP contribution in [0.1, 0.15) is 25.3 Å². The Morgan fingerprint density at radius 1 is 1.44 bits per heavy atom. The summed E-state index contributed by atoms with van der Waals surface area (Å²) in [4.78, 5) is -0.336. The smallest absolute Gasteiger partial charge is 0.243 e. The molecule has 3 N–H and O–H groups in total. The monoisotopic (exact) mass is 274 g/mol. The molecule has 1 atom stereocenters. The lowest BCUT2D eigenvalue weighted by Crippen LogP contribution is -2.37. The van der Waals surface area contributed by atoms with E-state index in [0.29, 0.717) is 5.56 Å². The molecule has 0 saturated carbocycles. The Morgan fingerprint density at radius 2 is 2.11 bits per heavy atom. The zero-order valence-electron chi connectivity index (χ0n) is 10.6. The van der Waals surface area contributed by atoms with Gasteiger partial charge in [-0.2, -0.15) is 0 Å². The summed E-state index contributed by atoms with van der Waals surface area (Å²) in [7, 11) is -3.83. The molecule has 1 unspecified atom stereocenters. The molecule has 0 heterocycles. The highest BCUT2D eigenvalue weighted by atomic mass is 32.2. The first-order valence-electron chi connectivity index (χ1n) is 5.88. The maximum atomic E-state index is 13.6. The van der Waals surface area contributed by atoms with Gasteiger partial charge < -0.3 is 5.73 Å². The number of hydrogen-bond acceptors (Lipinski definition) is 3. The standard InChI is InChI=1S/C12H19FN2O2S/c1-3-4-10(14)8-15-18(16,17)12-6-5-9(2)7-11(12)13/h5-7,10,15H,3-4,8,14H2,1-2H3. The molecular formula is C12H19FN2O2S. The van der Waals surface area contributed by atoms with Crippen LogP contribution in [0.3, 0.4) is 0 Å². The Hall–Kier alpha value is -0.980. The van der Waals surface area contributed by atoms with Gasteiger partial charge in [0.05, 0.1) is 0 Å². The first kappa shape index (κ1) is 15.1. The second-order valence-corrected chi connectivity index (χ2v) is 6.07. The number of sulfonamides is 1. The third kappa shape index (κ3) is 4.04. The van der Waals surface area contributed by atoms with Crippen molar-refractivity contribution in [2.75, 3.05) is 6.54 Å². The maximum Gasteiger partial charge on any atom is 0.243 e. The van der Waals surface area contributed by atoms with Crippen molar-refractivity contribution in [2.45, 2.75) is 37.6 Å². The quantitative estimate of drug-likeness (QED) is 0.826. The van der Waals surface area contributed by atoms with E-state index in [1.54, 1.807) is 13.0 Å². The fourth-order valence-electron chi connectivity index (χ4n) is 1.59. The zero-order chi connectivity index (χ0) is 13.8. The lowest BCUT2D eigenvalue weighted by molar-refractivity contribution is 0.539. The van der Waals surface area contributed by atoms with Crippen LogP contribution < -0.4 is 10.5 Å². The van der Waals surface area contributed by atoms with Gasteiger partial charge in [0.1, 0.15) is 10.7 Å². The molecule has 0 fully saturated rings. The van der Waals surface area contributed by atoms with Crippen molar-refractivity contribution < 1.29 is 12.8 Å². The van der Waals surface area contributed by atoms with Gasteiger partial charge in [-0.15, -0.1) is 0 Å². The van der Waals surface area contributed by atoms with Gasteiger partial charge in [-0.05, 0) is 31.0 Å². The molecule has 0 bridgehead atoms. The highest BCUT2D eigenvalue weighted by Gasteiger charge is 2.19. The van der Waals surface area contributed by atoms with E-state index in [4.69, 9.17) is 5.73 Å². The predicted octanol–water partition coefficient (Wildman–Crippen LogP) is 1.54. The van der Waals surface area contributed by atoms with E-state index in [0.717, 1.165) is 12.8 Å². The molecule has 0 spiro atoms. The second kappa shape index (κ2) is 6.26. The van der Waals surface area contributed by atoms with Crippen LogP contribution in [0.5, 0.6) is 0 Å². The summed E-state index contributed by atoms with van der Waals surface area (Å²) in [6, 6.07) is 3.76. The normalized spacial score (nSPS) is 13.6. The number of nitrogens with one attached hydrogen (secondary N) is 1. The minimum absolute atomic E-state index is 0.115. The van der Waals surface area contributed by atoms with Crippen molar-refractivity contribution in [3.63, 3.8) is 0 Å². The fraction of sp³-hybridized carbons (Fsp3) is 0.500. The molecule has 6 heteroatoms. The van der Waals surface area contributed by atoms with Gasteiger partial charge >= 0.3 is 0 Å². The van der Waals surface area contributed by atoms with Crippen LogP contribution in [0.2, 0.25) is 0 Å². The molecule has 18 heavy (non-hydrogen) atoms. The molecule has 0 amide bonds. The Balaban J connectivity index is 2.80. The van der Waals surface area contributed by atoms with E-state index in [9.17, 15) is 12.8 Å². The van der Waals surface area contributed by atoms with E-state index in [1.165, 1.54) is 12.1 Å². The Bertz CT molecular complexity index is 503. The summed E-state index contributed by atoms with van der Waals surface area (Å²) >= 11 is 0. The highest BCUT2D eigenvalue weighted by Crippen LogP contribution is 2.15. The molecule has 0 aliphatic rings. The minimum atomic E-state index is -3.83. The lowest BCUT2D eigenvalue weighted by atomic mass is 10.2. The van der Waals surface area contributed by atoms with Crippen LogP contribution in [-0.2, 0) is 10.0 Å². The average Bonchev–Trinajstić information content (AvgIpc) is 2.26. The molecule has 0 aliphatic carbocycles. The Morgan fingerprint density at radius 3 is 2.67 bits per heavy atom. The summed E-state index contributed by atoms with van der Waals surface area (Å²) < 4.78 is 39.6. The summed E-state index contributed by atoms with van der Waals surface area (Å²) in [5, 5.41) is 0. The van der Waals surface area contributed by atoms with Gasteiger partial charge in [0.25, 0.3) is 0 Å². The number of aryl methyl sites for hydroxylation is 1. The molecule has 0 saturated heterocycles. The van der Waals surface area contributed by atoms with Crippen LogP contribution in [0, 0.1) is 12.7 Å². The average molecular weight is 274 g/mol. The highest BCUT2D eigenvalue weighted by molar-refractivity contribution is 7.89. The topological polar surface area (TPSA) is 72.2 Å². The second-order valence-electron chi connectivity index (χ2n) is 4.33. The first-order chi connectivity index (χ1) is 8.36. The van der Waals surface area contributed by atoms with E-state index in [-0.39, 0.29) is 17.5 Å². The number of benzene rings is 1. The van der Waals surface area contributed by atoms with Crippen LogP contribution in [0.15, 0.2) is 23.1 Å². The third-order valence-electron chi connectivity index (χ3n) is 2.57. The van der Waals surface area contributed by atoms with Crippen molar-refractivity contribution in [1.82, 2.24) is 4.72 Å². The van der Waals surface area contributed by atoms with E-state index >= 15 is 0 Å².